The zero-order chi connectivity index (χ0) is 28.0. The van der Waals surface area contributed by atoms with E-state index in [-0.39, 0.29) is 23.3 Å². The molecule has 0 saturated carbocycles. The lowest BCUT2D eigenvalue weighted by Crippen LogP contribution is -2.29. The number of fused-ring (bicyclic) bond motifs is 2. The summed E-state index contributed by atoms with van der Waals surface area (Å²) in [5.74, 6) is 0.900. The van der Waals surface area contributed by atoms with Gasteiger partial charge in [-0.05, 0) is 60.1 Å². The maximum absolute atomic E-state index is 13.0. The number of amides is 1. The third-order valence-corrected chi connectivity index (χ3v) is 7.84. The number of hydrogen-bond donors (Lipinski definition) is 1. The van der Waals surface area contributed by atoms with Crippen molar-refractivity contribution in [3.8, 4) is 11.1 Å². The number of aryl methyl sites for hydroxylation is 3. The molecule has 4 aromatic rings. The molecule has 9 nitrogen and oxygen atoms in total. The number of rotatable bonds is 5. The van der Waals surface area contributed by atoms with E-state index >= 15 is 0 Å². The highest BCUT2D eigenvalue weighted by Gasteiger charge is 2.28. The van der Waals surface area contributed by atoms with Gasteiger partial charge in [-0.2, -0.15) is 5.10 Å². The van der Waals surface area contributed by atoms with Crippen molar-refractivity contribution in [3.05, 3.63) is 76.4 Å². The summed E-state index contributed by atoms with van der Waals surface area (Å²) >= 11 is 0. The first kappa shape index (κ1) is 26.1. The van der Waals surface area contributed by atoms with E-state index in [0.29, 0.717) is 12.3 Å². The highest BCUT2D eigenvalue weighted by molar-refractivity contribution is 6.06. The molecule has 1 aliphatic heterocycles. The van der Waals surface area contributed by atoms with Crippen LogP contribution in [0.5, 0.6) is 0 Å². The second-order valence-electron chi connectivity index (χ2n) is 11.7. The first-order valence-electron chi connectivity index (χ1n) is 14.1. The van der Waals surface area contributed by atoms with Crippen LogP contribution in [0.15, 0.2) is 45.9 Å². The summed E-state index contributed by atoms with van der Waals surface area (Å²) in [5, 5.41) is 15.9. The summed E-state index contributed by atoms with van der Waals surface area (Å²) in [6.45, 7) is 8.07. The third-order valence-electron chi connectivity index (χ3n) is 7.84. The monoisotopic (exact) mass is 537 g/mol. The lowest BCUT2D eigenvalue weighted by Gasteiger charge is -2.20. The molecule has 0 spiro atoms. The van der Waals surface area contributed by atoms with Crippen molar-refractivity contribution in [3.63, 3.8) is 0 Å². The number of nitrogens with one attached hydrogen (secondary N) is 1. The minimum atomic E-state index is -0.331. The van der Waals surface area contributed by atoms with Crippen LogP contribution in [0.2, 0.25) is 0 Å². The molecule has 0 fully saturated rings. The SMILES string of the molecule is CCc1cc(C2=Nc3nccc(-c4ccc5c(c4)CCCC[C@@H]5NC(=O)c4nnc(C(C)(C)C)o4)c3C2)nn1C. The molecule has 206 valence electrons. The fraction of sp³-hybridized carbons (Fsp3) is 0.419. The Morgan fingerprint density at radius 2 is 2.00 bits per heavy atom. The number of hydrogen-bond acceptors (Lipinski definition) is 7. The van der Waals surface area contributed by atoms with E-state index in [9.17, 15) is 4.79 Å². The molecule has 6 rings (SSSR count). The number of carbonyl (C=O) groups is 1. The van der Waals surface area contributed by atoms with E-state index in [1.54, 1.807) is 0 Å². The van der Waals surface area contributed by atoms with E-state index in [2.05, 4.69) is 57.8 Å². The normalized spacial score (nSPS) is 16.7. The Kier molecular flexibility index (Phi) is 6.60. The number of aromatic nitrogens is 5. The Morgan fingerprint density at radius 3 is 2.75 bits per heavy atom. The van der Waals surface area contributed by atoms with Crippen molar-refractivity contribution in [2.45, 2.75) is 77.7 Å². The van der Waals surface area contributed by atoms with Crippen LogP contribution in [0.3, 0.4) is 0 Å². The van der Waals surface area contributed by atoms with Gasteiger partial charge in [-0.1, -0.05) is 52.3 Å². The van der Waals surface area contributed by atoms with Gasteiger partial charge in [0.25, 0.3) is 0 Å². The first-order valence-corrected chi connectivity index (χ1v) is 14.1. The van der Waals surface area contributed by atoms with E-state index in [1.807, 2.05) is 38.7 Å². The third kappa shape index (κ3) is 4.85. The number of benzene rings is 1. The van der Waals surface area contributed by atoms with Crippen LogP contribution in [0.4, 0.5) is 5.82 Å². The Hall–Kier alpha value is -4.14. The summed E-state index contributed by atoms with van der Waals surface area (Å²) < 4.78 is 7.62. The lowest BCUT2D eigenvalue weighted by atomic mass is 9.92. The molecule has 0 radical (unpaired) electrons. The van der Waals surface area contributed by atoms with E-state index in [1.165, 1.54) is 11.3 Å². The molecule has 1 N–H and O–H groups in total. The number of carbonyl (C=O) groups excluding carboxylic acids is 1. The van der Waals surface area contributed by atoms with Crippen molar-refractivity contribution >= 4 is 17.4 Å². The van der Waals surface area contributed by atoms with Gasteiger partial charge in [0.1, 0.15) is 5.69 Å². The fourth-order valence-electron chi connectivity index (χ4n) is 5.62. The van der Waals surface area contributed by atoms with E-state index in [0.717, 1.165) is 71.6 Å². The second kappa shape index (κ2) is 10.1. The Labute approximate surface area is 234 Å². The van der Waals surface area contributed by atoms with Gasteiger partial charge < -0.3 is 9.73 Å². The highest BCUT2D eigenvalue weighted by atomic mass is 16.4. The largest absolute Gasteiger partial charge is 0.416 e. The lowest BCUT2D eigenvalue weighted by molar-refractivity contribution is 0.0896. The smallest absolute Gasteiger partial charge is 0.309 e. The van der Waals surface area contributed by atoms with Crippen LogP contribution in [-0.4, -0.2) is 36.6 Å². The number of nitrogens with zero attached hydrogens (tertiary/aromatic N) is 6. The maximum Gasteiger partial charge on any atom is 0.309 e. The highest BCUT2D eigenvalue weighted by Crippen LogP contribution is 2.38. The summed E-state index contributed by atoms with van der Waals surface area (Å²) in [6.07, 6.45) is 7.39. The minimum Gasteiger partial charge on any atom is -0.416 e. The van der Waals surface area contributed by atoms with Gasteiger partial charge >= 0.3 is 11.8 Å². The molecule has 0 bridgehead atoms. The topological polar surface area (TPSA) is 111 Å². The van der Waals surface area contributed by atoms with Crippen LogP contribution in [-0.2, 0) is 31.7 Å². The van der Waals surface area contributed by atoms with Crippen LogP contribution in [0.1, 0.15) is 97.7 Å². The van der Waals surface area contributed by atoms with Gasteiger partial charge in [0.2, 0.25) is 5.89 Å². The van der Waals surface area contributed by atoms with Crippen molar-refractivity contribution in [2.24, 2.45) is 12.0 Å². The molecule has 4 heterocycles. The number of aliphatic imine (C=N–C) groups is 1. The molecule has 1 aliphatic carbocycles. The average molecular weight is 538 g/mol. The number of pyridine rings is 1. The van der Waals surface area contributed by atoms with Crippen molar-refractivity contribution in [1.29, 1.82) is 0 Å². The molecule has 1 aromatic carbocycles. The predicted octanol–water partition coefficient (Wildman–Crippen LogP) is 5.60. The molecular formula is C31H35N7O2. The Balaban J connectivity index is 1.26. The average Bonchev–Trinajstić information content (AvgIpc) is 3.65. The zero-order valence-corrected chi connectivity index (χ0v) is 23.8. The Morgan fingerprint density at radius 1 is 1.15 bits per heavy atom. The minimum absolute atomic E-state index is 0.00876. The van der Waals surface area contributed by atoms with Gasteiger partial charge in [0, 0.05) is 36.3 Å². The van der Waals surface area contributed by atoms with E-state index in [4.69, 9.17) is 14.5 Å². The van der Waals surface area contributed by atoms with Crippen molar-refractivity contribution < 1.29 is 9.21 Å². The van der Waals surface area contributed by atoms with Gasteiger partial charge in [-0.25, -0.2) is 9.98 Å². The molecule has 40 heavy (non-hydrogen) atoms. The molecular weight excluding hydrogens is 502 g/mol. The zero-order valence-electron chi connectivity index (χ0n) is 23.8. The summed E-state index contributed by atoms with van der Waals surface area (Å²) in [4.78, 5) is 22.5. The molecule has 1 atom stereocenters. The van der Waals surface area contributed by atoms with Crippen LogP contribution in [0.25, 0.3) is 11.1 Å². The maximum atomic E-state index is 13.0. The van der Waals surface area contributed by atoms with Crippen LogP contribution < -0.4 is 5.32 Å². The molecule has 9 heteroatoms. The standard InChI is InChI=1S/C31H35N7O2/c1-6-20-16-26(37-38(20)5)25-17-23-21(13-14-32-27(23)33-25)19-11-12-22-18(15-19)9-7-8-10-24(22)34-28(39)29-35-36-30(40-29)31(2,3)4/h11-16,24H,6-10,17H2,1-5H3,(H,34,39)/t24-/m0/s1. The first-order chi connectivity index (χ1) is 19.2. The van der Waals surface area contributed by atoms with Crippen LogP contribution >= 0.6 is 0 Å². The summed E-state index contributed by atoms with van der Waals surface area (Å²) in [7, 11) is 1.98. The quantitative estimate of drug-likeness (QED) is 0.332. The fourth-order valence-corrected chi connectivity index (χ4v) is 5.62. The van der Waals surface area contributed by atoms with E-state index < -0.39 is 0 Å². The van der Waals surface area contributed by atoms with Crippen LogP contribution in [0, 0.1) is 0 Å². The molecule has 0 unspecified atom stereocenters. The second-order valence-corrected chi connectivity index (χ2v) is 11.7. The van der Waals surface area contributed by atoms with Crippen molar-refractivity contribution in [2.75, 3.05) is 0 Å². The van der Waals surface area contributed by atoms with Crippen molar-refractivity contribution in [1.82, 2.24) is 30.3 Å². The van der Waals surface area contributed by atoms with Gasteiger partial charge in [0.15, 0.2) is 5.82 Å². The summed E-state index contributed by atoms with van der Waals surface area (Å²) in [6, 6.07) is 10.7. The van der Waals surface area contributed by atoms with Gasteiger partial charge in [-0.3, -0.25) is 9.48 Å². The van der Waals surface area contributed by atoms with Gasteiger partial charge in [0.05, 0.1) is 11.8 Å². The molecule has 1 amide bonds. The molecule has 2 aliphatic rings. The summed E-state index contributed by atoms with van der Waals surface area (Å²) in [5.41, 5.74) is 8.56. The molecule has 0 saturated heterocycles. The molecule has 3 aromatic heterocycles. The predicted molar refractivity (Wildman–Crippen MR) is 153 cm³/mol. The van der Waals surface area contributed by atoms with Gasteiger partial charge in [-0.15, -0.1) is 10.2 Å². The Bertz CT molecular complexity index is 1620.